The predicted molar refractivity (Wildman–Crippen MR) is 315 cm³/mol. The average molecular weight is 1060 g/mol. The highest BCUT2D eigenvalue weighted by Gasteiger charge is 2.15. The van der Waals surface area contributed by atoms with Crippen LogP contribution in [0, 0.1) is 11.8 Å². The van der Waals surface area contributed by atoms with Crippen LogP contribution in [0.15, 0.2) is 49.0 Å². The molecule has 0 aromatic rings. The molecule has 2 radical (unpaired) electrons. The largest absolute Gasteiger partial charge is 0.511 e. The van der Waals surface area contributed by atoms with Crippen LogP contribution in [0.3, 0.4) is 0 Å². The lowest BCUT2D eigenvalue weighted by Crippen LogP contribution is -2.33. The van der Waals surface area contributed by atoms with E-state index in [-0.39, 0.29) is 24.0 Å². The number of amides is 2. The molecule has 0 bridgehead atoms. The first-order valence-electron chi connectivity index (χ1n) is 28.1. The number of hydrogen-bond acceptors (Lipinski definition) is 12. The molecule has 0 aliphatic carbocycles. The number of carbonyl (C=O) groups excluding carboxylic acids is 3. The molecule has 0 aliphatic heterocycles. The summed E-state index contributed by atoms with van der Waals surface area (Å²) in [4.78, 5) is 42.2. The van der Waals surface area contributed by atoms with Gasteiger partial charge in [-0.25, -0.2) is 0 Å². The maximum atomic E-state index is 12.3. The van der Waals surface area contributed by atoms with Gasteiger partial charge < -0.3 is 60.3 Å². The van der Waals surface area contributed by atoms with Crippen LogP contribution < -0.4 is 21.3 Å². The van der Waals surface area contributed by atoms with Gasteiger partial charge in [-0.1, -0.05) is 172 Å². The topological polar surface area (TPSA) is 214 Å². The number of hydrogen-bond donors (Lipinski definition) is 7. The maximum Gasteiger partial charge on any atom is 0.305 e. The van der Waals surface area contributed by atoms with E-state index in [0.29, 0.717) is 84.7 Å². The molecule has 0 spiro atoms. The Kier molecular flexibility index (Phi) is 94.8. The first kappa shape index (κ1) is 87.0. The second-order valence-corrected chi connectivity index (χ2v) is 16.4. The Morgan fingerprint density at radius 3 is 1.46 bits per heavy atom. The van der Waals surface area contributed by atoms with E-state index in [4.69, 9.17) is 29.2 Å². The van der Waals surface area contributed by atoms with Gasteiger partial charge in [0.25, 0.3) is 0 Å². The fourth-order valence-electron chi connectivity index (χ4n) is 5.71. The summed E-state index contributed by atoms with van der Waals surface area (Å²) in [5.41, 5.74) is 2.90. The quantitative estimate of drug-likeness (QED) is 0.00995. The van der Waals surface area contributed by atoms with Gasteiger partial charge in [0.2, 0.25) is 12.3 Å². The Bertz CT molecular complexity index is 1200. The molecule has 2 atom stereocenters. The van der Waals surface area contributed by atoms with Crippen molar-refractivity contribution >= 4 is 32.4 Å². The Hall–Kier alpha value is -3.70. The van der Waals surface area contributed by atoms with Crippen LogP contribution in [-0.4, -0.2) is 133 Å². The van der Waals surface area contributed by atoms with E-state index >= 15 is 0 Å². The molecule has 0 aromatic carbocycles. The van der Waals surface area contributed by atoms with Gasteiger partial charge in [0.1, 0.15) is 12.0 Å². The molecule has 7 N–H and O–H groups in total. The van der Waals surface area contributed by atoms with E-state index in [1.807, 2.05) is 48.5 Å². The maximum absolute atomic E-state index is 12.3. The lowest BCUT2D eigenvalue weighted by molar-refractivity contribution is -0.140. The highest BCUT2D eigenvalue weighted by molar-refractivity contribution is 6.05. The summed E-state index contributed by atoms with van der Waals surface area (Å²) < 4.78 is 21.7. The van der Waals surface area contributed by atoms with Crippen molar-refractivity contribution in [1.82, 2.24) is 21.3 Å². The van der Waals surface area contributed by atoms with Gasteiger partial charge in [-0.15, -0.1) is 0 Å². The standard InChI is InChI=1S/C36H67N3O7.C10H19NO.C4H8O2.3C2H6.CH3B.CH4O/c1-5-43-27-28-44-25-22-37-33(3)31-46-30-29-45-26-23-38-36(42)21-20-35(34(4)41)39-32(2)19-17-15-13-11-9-7-6-8-10-12-14-16-18-24-40;1-9(2)10(3)6-4-5-7-11-8-12;1-3(2)4(5)6;5*1-2/h24,35,37,39,41H,2-23,25-31H2,1H3,(H,38,42);8,10H,1,4-7H2,2-3H3,(H,11,12);3H,1-2H3,(H,5,6);3*1-2H3;1H3;2H,1H3/t35-;10-;;;;;;/m00....../s1. The number of carboxylic acid groups (broad SMARTS) is 1. The number of aliphatic carboxylic acids is 1. The van der Waals surface area contributed by atoms with E-state index in [2.05, 4.69) is 69.3 Å². The summed E-state index contributed by atoms with van der Waals surface area (Å²) in [6.45, 7) is 44.6. The molecule has 440 valence electrons. The van der Waals surface area contributed by atoms with Gasteiger partial charge in [0.15, 0.2) is 0 Å². The van der Waals surface area contributed by atoms with E-state index in [1.165, 1.54) is 76.6 Å². The molecule has 74 heavy (non-hydrogen) atoms. The molecule has 0 aromatic heterocycles. The molecule has 16 heteroatoms. The van der Waals surface area contributed by atoms with Crippen molar-refractivity contribution in [2.75, 3.05) is 79.6 Å². The summed E-state index contributed by atoms with van der Waals surface area (Å²) in [6, 6.07) is -0.395. The van der Waals surface area contributed by atoms with E-state index in [9.17, 15) is 24.3 Å². The zero-order valence-corrected chi connectivity index (χ0v) is 50.1. The summed E-state index contributed by atoms with van der Waals surface area (Å²) in [5, 5.41) is 36.9. The highest BCUT2D eigenvalue weighted by Crippen LogP contribution is 2.16. The van der Waals surface area contributed by atoms with Crippen molar-refractivity contribution in [3.05, 3.63) is 49.0 Å². The zero-order valence-electron chi connectivity index (χ0n) is 50.1. The summed E-state index contributed by atoms with van der Waals surface area (Å²) in [5.74, 6) is -0.444. The van der Waals surface area contributed by atoms with Crippen LogP contribution in [0.2, 0.25) is 6.82 Å². The fraction of sp³-hybridized carbons (Fsp3) is 0.793. The Morgan fingerprint density at radius 1 is 0.581 bits per heavy atom. The lowest BCUT2D eigenvalue weighted by Gasteiger charge is -2.20. The molecule has 0 saturated heterocycles. The summed E-state index contributed by atoms with van der Waals surface area (Å²) in [6.07, 6.45) is 22.1. The number of aliphatic hydroxyl groups is 2. The van der Waals surface area contributed by atoms with Gasteiger partial charge in [0.05, 0.1) is 66.1 Å². The van der Waals surface area contributed by atoms with E-state index in [1.54, 1.807) is 13.8 Å². The third kappa shape index (κ3) is 85.1. The molecular weight excluding hydrogens is 939 g/mol. The van der Waals surface area contributed by atoms with Crippen LogP contribution in [0.5, 0.6) is 0 Å². The van der Waals surface area contributed by atoms with Crippen LogP contribution in [0.25, 0.3) is 0 Å². The van der Waals surface area contributed by atoms with Gasteiger partial charge in [0, 0.05) is 57.6 Å². The smallest absolute Gasteiger partial charge is 0.305 e. The average Bonchev–Trinajstić information content (AvgIpc) is 3.41. The van der Waals surface area contributed by atoms with E-state index < -0.39 is 12.0 Å². The third-order valence-corrected chi connectivity index (χ3v) is 10.0. The number of aliphatic hydroxyl groups excluding tert-OH is 2. The molecule has 0 heterocycles. The second kappa shape index (κ2) is 80.7. The third-order valence-electron chi connectivity index (χ3n) is 10.0. The van der Waals surface area contributed by atoms with Gasteiger partial charge in [-0.3, -0.25) is 14.4 Å². The van der Waals surface area contributed by atoms with Crippen LogP contribution in [-0.2, 0) is 38.1 Å². The van der Waals surface area contributed by atoms with Crippen molar-refractivity contribution in [3.8, 4) is 0 Å². The number of ether oxygens (including phenoxy) is 4. The van der Waals surface area contributed by atoms with Crippen LogP contribution in [0.4, 0.5) is 0 Å². The molecule has 2 amide bonds. The minimum atomic E-state index is -0.741. The minimum Gasteiger partial charge on any atom is -0.511 e. The monoisotopic (exact) mass is 1060 g/mol. The summed E-state index contributed by atoms with van der Waals surface area (Å²) in [7, 11) is 5.50. The second-order valence-electron chi connectivity index (χ2n) is 16.4. The van der Waals surface area contributed by atoms with Gasteiger partial charge >= 0.3 is 5.97 Å². The number of aldehydes is 1. The molecular formula is C58H119BN4O11. The van der Waals surface area contributed by atoms with Crippen LogP contribution >= 0.6 is 0 Å². The van der Waals surface area contributed by atoms with Crippen LogP contribution in [0.1, 0.15) is 198 Å². The SMILES string of the molecule is C=C(C)[C@@H](C)CCCCNC=O.C=C(COCCOCCNC(=O)CC[C@H](NC(=C)CCCCCCCCCCCCCCC=O)C(=C)O)NCCOCCOCC.CC.CC.CC.CC(C)C(=O)O.CO.[B]C. The molecule has 0 rings (SSSR count). The van der Waals surface area contributed by atoms with Gasteiger partial charge in [-0.05, 0) is 58.3 Å². The van der Waals surface area contributed by atoms with Gasteiger partial charge in [-0.2, -0.15) is 0 Å². The highest BCUT2D eigenvalue weighted by atomic mass is 16.5. The lowest BCUT2D eigenvalue weighted by atomic mass is 9.98. The molecule has 15 nitrogen and oxygen atoms in total. The van der Waals surface area contributed by atoms with Crippen molar-refractivity contribution in [1.29, 1.82) is 0 Å². The first-order valence-corrected chi connectivity index (χ1v) is 28.1. The zero-order chi connectivity index (χ0) is 58.5. The molecule has 0 fully saturated rings. The number of carboxylic acids is 1. The number of unbranched alkanes of at least 4 members (excludes halogenated alkanes) is 13. The van der Waals surface area contributed by atoms with Crippen molar-refractivity contribution < 1.29 is 53.4 Å². The minimum absolute atomic E-state index is 0.0157. The first-order chi connectivity index (χ1) is 35.7. The molecule has 0 saturated carbocycles. The summed E-state index contributed by atoms with van der Waals surface area (Å²) >= 11 is 0. The fourth-order valence-corrected chi connectivity index (χ4v) is 5.71. The molecule has 0 unspecified atom stereocenters. The van der Waals surface area contributed by atoms with Crippen molar-refractivity contribution in [2.45, 2.75) is 211 Å². The Morgan fingerprint density at radius 2 is 1.03 bits per heavy atom. The normalized spacial score (nSPS) is 10.3. The van der Waals surface area contributed by atoms with E-state index in [0.717, 1.165) is 76.3 Å². The number of rotatable bonds is 45. The number of allylic oxidation sites excluding steroid dienone is 2. The Balaban J connectivity index is -0.000000212. The van der Waals surface area contributed by atoms with Crippen molar-refractivity contribution in [3.63, 3.8) is 0 Å². The number of carbonyl (C=O) groups is 4. The predicted octanol–water partition coefficient (Wildman–Crippen LogP) is 12.0. The Labute approximate surface area is 457 Å². The van der Waals surface area contributed by atoms with Crippen molar-refractivity contribution in [2.24, 2.45) is 11.8 Å². The number of nitrogens with one attached hydrogen (secondary N) is 4. The molecule has 0 aliphatic rings.